The molecule has 9 nitrogen and oxygen atoms in total. The van der Waals surface area contributed by atoms with E-state index in [1.807, 2.05) is 12.1 Å². The fourth-order valence-electron chi connectivity index (χ4n) is 4.18. The number of nitrogens with zero attached hydrogens (tertiary/aromatic N) is 3. The number of ether oxygens (including phenoxy) is 1. The summed E-state index contributed by atoms with van der Waals surface area (Å²) < 4.78 is 42.9. The van der Waals surface area contributed by atoms with Gasteiger partial charge in [0.25, 0.3) is 5.56 Å². The van der Waals surface area contributed by atoms with E-state index >= 15 is 0 Å². The first kappa shape index (κ1) is 25.2. The molecule has 0 saturated carbocycles. The largest absolute Gasteiger partial charge is 0.491 e. The molecule has 0 spiro atoms. The molecule has 0 radical (unpaired) electrons. The molecule has 2 aromatic carbocycles. The van der Waals surface area contributed by atoms with Gasteiger partial charge in [0.05, 0.1) is 16.6 Å². The van der Waals surface area contributed by atoms with Gasteiger partial charge in [-0.15, -0.1) is 0 Å². The number of carbonyl (C=O) groups is 2. The quantitative estimate of drug-likeness (QED) is 0.416. The van der Waals surface area contributed by atoms with Gasteiger partial charge < -0.3 is 15.4 Å². The van der Waals surface area contributed by atoms with Crippen LogP contribution in [0, 0.1) is 0 Å². The van der Waals surface area contributed by atoms with Crippen molar-refractivity contribution in [1.82, 2.24) is 9.13 Å². The summed E-state index contributed by atoms with van der Waals surface area (Å²) >= 11 is 0. The first-order valence-corrected chi connectivity index (χ1v) is 11.2. The second kappa shape index (κ2) is 9.61. The molecule has 2 N–H and O–H groups in total. The lowest BCUT2D eigenvalue weighted by molar-refractivity contribution is -0.202. The SMILES string of the molecule is Cn1c(=O)n(-c2ccc(C[C@H](N)C(=O)OC(=O)C(F)(F)F)cc2)c(=O)c2ccc(N3CCCC3)cc21. The topological polar surface area (TPSA) is 117 Å². The predicted octanol–water partition coefficient (Wildman–Crippen LogP) is 1.79. The Hall–Kier alpha value is -3.93. The normalized spacial score (nSPS) is 14.8. The minimum absolute atomic E-state index is 0.228. The molecule has 1 saturated heterocycles. The summed E-state index contributed by atoms with van der Waals surface area (Å²) in [4.78, 5) is 51.0. The number of carbonyl (C=O) groups excluding carboxylic acids is 2. The lowest BCUT2D eigenvalue weighted by atomic mass is 10.1. The van der Waals surface area contributed by atoms with Gasteiger partial charge in [0.1, 0.15) is 6.04 Å². The third-order valence-electron chi connectivity index (χ3n) is 6.10. The molecular formula is C24H23F3N4O5. The van der Waals surface area contributed by atoms with E-state index in [1.54, 1.807) is 13.1 Å². The molecule has 36 heavy (non-hydrogen) atoms. The van der Waals surface area contributed by atoms with Crippen LogP contribution in [0.15, 0.2) is 52.1 Å². The molecule has 1 fully saturated rings. The number of aromatic nitrogens is 2. The zero-order valence-electron chi connectivity index (χ0n) is 19.2. The number of rotatable bonds is 5. The van der Waals surface area contributed by atoms with Crippen molar-refractivity contribution in [3.63, 3.8) is 0 Å². The monoisotopic (exact) mass is 504 g/mol. The van der Waals surface area contributed by atoms with Gasteiger partial charge in [-0.1, -0.05) is 12.1 Å². The number of esters is 2. The predicted molar refractivity (Wildman–Crippen MR) is 125 cm³/mol. The molecule has 190 valence electrons. The molecule has 0 bridgehead atoms. The zero-order valence-corrected chi connectivity index (χ0v) is 19.2. The van der Waals surface area contributed by atoms with Gasteiger partial charge >= 0.3 is 23.8 Å². The van der Waals surface area contributed by atoms with Crippen LogP contribution in [0.3, 0.4) is 0 Å². The van der Waals surface area contributed by atoms with Crippen LogP contribution in [0.5, 0.6) is 0 Å². The van der Waals surface area contributed by atoms with E-state index in [0.717, 1.165) is 36.2 Å². The van der Waals surface area contributed by atoms with Crippen molar-refractivity contribution in [3.8, 4) is 5.69 Å². The number of hydrogen-bond acceptors (Lipinski definition) is 7. The number of halogens is 3. The number of aryl methyl sites for hydroxylation is 1. The lowest BCUT2D eigenvalue weighted by Gasteiger charge is -2.19. The van der Waals surface area contributed by atoms with E-state index < -0.39 is 35.4 Å². The Kier molecular flexibility index (Phi) is 6.72. The van der Waals surface area contributed by atoms with Crippen molar-refractivity contribution in [2.75, 3.05) is 18.0 Å². The van der Waals surface area contributed by atoms with Crippen molar-refractivity contribution in [2.45, 2.75) is 31.5 Å². The Bertz CT molecular complexity index is 1440. The molecule has 1 aromatic heterocycles. The van der Waals surface area contributed by atoms with Crippen LogP contribution >= 0.6 is 0 Å². The minimum Gasteiger partial charge on any atom is -0.385 e. The van der Waals surface area contributed by atoms with Crippen LogP contribution in [0.2, 0.25) is 0 Å². The second-order valence-electron chi connectivity index (χ2n) is 8.56. The van der Waals surface area contributed by atoms with Gasteiger partial charge in [0, 0.05) is 25.8 Å². The highest BCUT2D eigenvalue weighted by Gasteiger charge is 2.43. The van der Waals surface area contributed by atoms with Crippen LogP contribution in [0.25, 0.3) is 16.6 Å². The highest BCUT2D eigenvalue weighted by atomic mass is 19.4. The Morgan fingerprint density at radius 3 is 2.25 bits per heavy atom. The standard InChI is InChI=1S/C24H23F3N4O5/c1-29-19-13-16(30-10-2-3-11-30)8-9-17(19)20(32)31(23(29)35)15-6-4-14(5-7-15)12-18(28)21(33)36-22(34)24(25,26)27/h4-9,13,18H,2-3,10-12,28H2,1H3/t18-/m0/s1. The van der Waals surface area contributed by atoms with Crippen LogP contribution in [-0.4, -0.2) is 46.4 Å². The summed E-state index contributed by atoms with van der Waals surface area (Å²) in [5.41, 5.74) is 6.66. The fraction of sp³-hybridized carbons (Fsp3) is 0.333. The molecule has 0 amide bonds. The van der Waals surface area contributed by atoms with Crippen molar-refractivity contribution in [1.29, 1.82) is 0 Å². The third kappa shape index (κ3) is 4.89. The summed E-state index contributed by atoms with van der Waals surface area (Å²) in [6.45, 7) is 1.84. The molecule has 0 aliphatic carbocycles. The second-order valence-corrected chi connectivity index (χ2v) is 8.56. The molecule has 1 aliphatic rings. The van der Waals surface area contributed by atoms with E-state index in [2.05, 4.69) is 9.64 Å². The maximum Gasteiger partial charge on any atom is 0.491 e. The number of anilines is 1. The average molecular weight is 504 g/mol. The zero-order chi connectivity index (χ0) is 26.2. The Morgan fingerprint density at radius 2 is 1.64 bits per heavy atom. The van der Waals surface area contributed by atoms with Gasteiger partial charge in [0.2, 0.25) is 0 Å². The number of alkyl halides is 3. The lowest BCUT2D eigenvalue weighted by Crippen LogP contribution is -2.39. The molecule has 4 rings (SSSR count). The van der Waals surface area contributed by atoms with Crippen LogP contribution < -0.4 is 21.9 Å². The van der Waals surface area contributed by atoms with Gasteiger partial charge in [-0.3, -0.25) is 9.36 Å². The summed E-state index contributed by atoms with van der Waals surface area (Å²) in [6, 6.07) is 9.73. The van der Waals surface area contributed by atoms with E-state index in [4.69, 9.17) is 5.73 Å². The molecule has 1 aliphatic heterocycles. The first-order chi connectivity index (χ1) is 17.0. The van der Waals surface area contributed by atoms with E-state index in [0.29, 0.717) is 16.5 Å². The van der Waals surface area contributed by atoms with E-state index in [-0.39, 0.29) is 12.1 Å². The summed E-state index contributed by atoms with van der Waals surface area (Å²) in [7, 11) is 1.58. The van der Waals surface area contributed by atoms with Crippen molar-refractivity contribution < 1.29 is 27.5 Å². The van der Waals surface area contributed by atoms with Gasteiger partial charge in [-0.2, -0.15) is 13.2 Å². The van der Waals surface area contributed by atoms with E-state index in [9.17, 15) is 32.3 Å². The van der Waals surface area contributed by atoms with Crippen molar-refractivity contribution in [2.24, 2.45) is 12.8 Å². The maximum absolute atomic E-state index is 13.2. The van der Waals surface area contributed by atoms with Crippen LogP contribution in [0.1, 0.15) is 18.4 Å². The Morgan fingerprint density at radius 1 is 1.03 bits per heavy atom. The van der Waals surface area contributed by atoms with Crippen molar-refractivity contribution in [3.05, 3.63) is 68.9 Å². The fourth-order valence-corrected chi connectivity index (χ4v) is 4.18. The average Bonchev–Trinajstić information content (AvgIpc) is 3.38. The number of nitrogens with two attached hydrogens (primary N) is 1. The van der Waals surface area contributed by atoms with Crippen LogP contribution in [0.4, 0.5) is 18.9 Å². The first-order valence-electron chi connectivity index (χ1n) is 11.2. The van der Waals surface area contributed by atoms with Crippen molar-refractivity contribution >= 4 is 28.5 Å². The van der Waals surface area contributed by atoms with Gasteiger partial charge in [-0.25, -0.2) is 19.0 Å². The molecule has 12 heteroatoms. The highest BCUT2D eigenvalue weighted by molar-refractivity contribution is 5.91. The maximum atomic E-state index is 13.2. The van der Waals surface area contributed by atoms with Crippen LogP contribution in [-0.2, 0) is 27.8 Å². The number of fused-ring (bicyclic) bond motifs is 1. The molecule has 3 aromatic rings. The highest BCUT2D eigenvalue weighted by Crippen LogP contribution is 2.23. The molecular weight excluding hydrogens is 481 g/mol. The smallest absolute Gasteiger partial charge is 0.385 e. The van der Waals surface area contributed by atoms with Gasteiger partial charge in [-0.05, 0) is 55.2 Å². The Labute approximate surface area is 202 Å². The summed E-state index contributed by atoms with van der Waals surface area (Å²) in [6.07, 6.45) is -3.36. The molecule has 1 atom stereocenters. The van der Waals surface area contributed by atoms with Gasteiger partial charge in [0.15, 0.2) is 0 Å². The molecule has 0 unspecified atom stereocenters. The molecule has 2 heterocycles. The Balaban J connectivity index is 1.58. The number of benzene rings is 2. The summed E-state index contributed by atoms with van der Waals surface area (Å²) in [5.74, 6) is -4.16. The third-order valence-corrected chi connectivity index (χ3v) is 6.10. The number of hydrogen-bond donors (Lipinski definition) is 1. The summed E-state index contributed by atoms with van der Waals surface area (Å²) in [5, 5.41) is 0.364. The van der Waals surface area contributed by atoms with E-state index in [1.165, 1.54) is 28.8 Å². The minimum atomic E-state index is -5.31.